The highest BCUT2D eigenvalue weighted by atomic mass is 35.5. The Balaban J connectivity index is 1.66. The minimum absolute atomic E-state index is 0.215. The number of aromatic nitrogens is 1. The summed E-state index contributed by atoms with van der Waals surface area (Å²) in [7, 11) is 0. The van der Waals surface area contributed by atoms with Gasteiger partial charge in [0.25, 0.3) is 5.91 Å². The topological polar surface area (TPSA) is 42.0 Å². The summed E-state index contributed by atoms with van der Waals surface area (Å²) in [6.45, 7) is 2.44. The van der Waals surface area contributed by atoms with Gasteiger partial charge < -0.3 is 5.32 Å². The zero-order chi connectivity index (χ0) is 15.7. The average Bonchev–Trinajstić information content (AvgIpc) is 3.16. The van der Waals surface area contributed by atoms with Crippen LogP contribution in [0, 0.1) is 6.92 Å². The van der Waals surface area contributed by atoms with E-state index >= 15 is 0 Å². The molecule has 0 unspecified atom stereocenters. The van der Waals surface area contributed by atoms with E-state index in [0.29, 0.717) is 20.8 Å². The van der Waals surface area contributed by atoms with Crippen molar-refractivity contribution < 1.29 is 4.79 Å². The molecule has 0 bridgehead atoms. The number of aryl methyl sites for hydroxylation is 1. The number of nitrogens with one attached hydrogen (secondary N) is 1. The number of nitrogens with zero attached hydrogens (tertiary/aromatic N) is 1. The van der Waals surface area contributed by atoms with Crippen LogP contribution in [0.5, 0.6) is 0 Å². The number of hydrogen-bond acceptors (Lipinski definition) is 5. The normalized spacial score (nSPS) is 10.9. The van der Waals surface area contributed by atoms with Gasteiger partial charge in [-0.3, -0.25) is 4.79 Å². The molecule has 0 radical (unpaired) electrons. The largest absolute Gasteiger partial charge is 0.347 e. The quantitative estimate of drug-likeness (QED) is 0.642. The smallest absolute Gasteiger partial charge is 0.254 e. The van der Waals surface area contributed by atoms with E-state index in [9.17, 15) is 4.79 Å². The van der Waals surface area contributed by atoms with Crippen molar-refractivity contribution in [2.24, 2.45) is 0 Å². The maximum atomic E-state index is 12.1. The lowest BCUT2D eigenvalue weighted by molar-refractivity contribution is 0.0952. The molecule has 3 aromatic heterocycles. The third-order valence-corrected chi connectivity index (χ3v) is 6.23. The van der Waals surface area contributed by atoms with E-state index in [2.05, 4.69) is 10.3 Å². The van der Waals surface area contributed by atoms with Crippen molar-refractivity contribution in [2.75, 3.05) is 0 Å². The van der Waals surface area contributed by atoms with Gasteiger partial charge in [0.1, 0.15) is 4.34 Å². The number of carbonyl (C=O) groups is 1. The lowest BCUT2D eigenvalue weighted by atomic mass is 10.3. The van der Waals surface area contributed by atoms with Crippen LogP contribution in [-0.4, -0.2) is 10.9 Å². The Morgan fingerprint density at radius 3 is 2.77 bits per heavy atom. The van der Waals surface area contributed by atoms with Crippen molar-refractivity contribution in [3.63, 3.8) is 0 Å². The van der Waals surface area contributed by atoms with Crippen LogP contribution in [0.3, 0.4) is 0 Å². The molecule has 3 nitrogen and oxygen atoms in total. The van der Waals surface area contributed by atoms with Crippen LogP contribution < -0.4 is 5.32 Å². The molecule has 0 aliphatic carbocycles. The molecule has 114 valence electrons. The third-order valence-electron chi connectivity index (χ3n) is 2.86. The second-order valence-electron chi connectivity index (χ2n) is 4.44. The van der Waals surface area contributed by atoms with Gasteiger partial charge >= 0.3 is 0 Å². The molecule has 0 atom stereocenters. The minimum atomic E-state index is -0.215. The lowest BCUT2D eigenvalue weighted by Gasteiger charge is -2.01. The first kappa shape index (κ1) is 16.0. The molecule has 0 fully saturated rings. The van der Waals surface area contributed by atoms with Crippen LogP contribution in [0.15, 0.2) is 23.6 Å². The van der Waals surface area contributed by atoms with Crippen molar-refractivity contribution in [1.82, 2.24) is 10.3 Å². The Labute approximate surface area is 149 Å². The lowest BCUT2D eigenvalue weighted by Crippen LogP contribution is -2.21. The highest BCUT2D eigenvalue weighted by Crippen LogP contribution is 2.31. The molecule has 0 aliphatic heterocycles. The fourth-order valence-corrected chi connectivity index (χ4v) is 4.90. The summed E-state index contributed by atoms with van der Waals surface area (Å²) < 4.78 is 0.916. The molecule has 0 aliphatic rings. The molecular formula is C14H10Cl2N2OS3. The van der Waals surface area contributed by atoms with Crippen LogP contribution >= 0.6 is 57.2 Å². The molecule has 0 saturated carbocycles. The van der Waals surface area contributed by atoms with E-state index in [-0.39, 0.29) is 5.91 Å². The summed E-state index contributed by atoms with van der Waals surface area (Å²) in [4.78, 5) is 18.7. The Morgan fingerprint density at radius 2 is 2.14 bits per heavy atom. The summed E-state index contributed by atoms with van der Waals surface area (Å²) in [5.74, 6) is -0.215. The fourth-order valence-electron chi connectivity index (χ4n) is 1.84. The monoisotopic (exact) mass is 388 g/mol. The average molecular weight is 389 g/mol. The molecule has 8 heteroatoms. The van der Waals surface area contributed by atoms with Crippen LogP contribution in [0.1, 0.15) is 20.2 Å². The Morgan fingerprint density at radius 1 is 1.32 bits per heavy atom. The molecule has 1 N–H and O–H groups in total. The van der Waals surface area contributed by atoms with Crippen LogP contribution in [0.4, 0.5) is 0 Å². The second-order valence-corrected chi connectivity index (χ2v) is 8.95. The standard InChI is InChI=1S/C14H10Cl2N2OS3/c1-7-18-10(6-20-7)11-3-2-8(21-11)5-17-14(19)9-4-12(15)22-13(9)16/h2-4,6H,5H2,1H3,(H,17,19). The first-order valence-electron chi connectivity index (χ1n) is 6.27. The van der Waals surface area contributed by atoms with Crippen molar-refractivity contribution in [3.05, 3.63) is 47.7 Å². The summed E-state index contributed by atoms with van der Waals surface area (Å²) in [6.07, 6.45) is 0. The van der Waals surface area contributed by atoms with Crippen molar-refractivity contribution >= 4 is 63.1 Å². The Kier molecular flexibility index (Phi) is 4.84. The molecule has 0 aromatic carbocycles. The van der Waals surface area contributed by atoms with Crippen molar-refractivity contribution in [2.45, 2.75) is 13.5 Å². The molecule has 0 spiro atoms. The van der Waals surface area contributed by atoms with E-state index in [1.165, 1.54) is 11.3 Å². The van der Waals surface area contributed by atoms with Gasteiger partial charge in [-0.05, 0) is 25.1 Å². The summed E-state index contributed by atoms with van der Waals surface area (Å²) in [5.41, 5.74) is 1.40. The van der Waals surface area contributed by atoms with Gasteiger partial charge in [0.05, 0.1) is 32.0 Å². The molecule has 1 amide bonds. The number of carbonyl (C=O) groups excluding carboxylic acids is 1. The van der Waals surface area contributed by atoms with Gasteiger partial charge in [-0.15, -0.1) is 34.0 Å². The minimum Gasteiger partial charge on any atom is -0.347 e. The first-order valence-corrected chi connectivity index (χ1v) is 9.54. The summed E-state index contributed by atoms with van der Waals surface area (Å²) in [6, 6.07) is 5.61. The third kappa shape index (κ3) is 3.52. The maximum absolute atomic E-state index is 12.1. The second kappa shape index (κ2) is 6.68. The van der Waals surface area contributed by atoms with E-state index in [4.69, 9.17) is 23.2 Å². The molecule has 22 heavy (non-hydrogen) atoms. The summed E-state index contributed by atoms with van der Waals surface area (Å²) in [5, 5.41) is 5.94. The molecule has 3 heterocycles. The molecule has 3 aromatic rings. The van der Waals surface area contributed by atoms with Crippen molar-refractivity contribution in [3.8, 4) is 10.6 Å². The van der Waals surface area contributed by atoms with Crippen LogP contribution in [0.25, 0.3) is 10.6 Å². The predicted octanol–water partition coefficient (Wildman–Crippen LogP) is 5.48. The number of halogens is 2. The molecular weight excluding hydrogens is 379 g/mol. The zero-order valence-corrected chi connectivity index (χ0v) is 15.3. The van der Waals surface area contributed by atoms with E-state index in [1.54, 1.807) is 28.7 Å². The van der Waals surface area contributed by atoms with Gasteiger partial charge in [0.2, 0.25) is 0 Å². The van der Waals surface area contributed by atoms with E-state index in [0.717, 1.165) is 20.5 Å². The SMILES string of the molecule is Cc1nc(-c2ccc(CNC(=O)c3cc(Cl)sc3Cl)s2)cs1. The number of rotatable bonds is 4. The van der Waals surface area contributed by atoms with E-state index < -0.39 is 0 Å². The number of thiophene rings is 2. The Bertz CT molecular complexity index is 822. The predicted molar refractivity (Wildman–Crippen MR) is 95.7 cm³/mol. The van der Waals surface area contributed by atoms with Gasteiger partial charge in [-0.2, -0.15) is 0 Å². The number of hydrogen-bond donors (Lipinski definition) is 1. The number of thiazole rings is 1. The summed E-state index contributed by atoms with van der Waals surface area (Å²) >= 11 is 16.3. The highest BCUT2D eigenvalue weighted by Gasteiger charge is 2.14. The maximum Gasteiger partial charge on any atom is 0.254 e. The van der Waals surface area contributed by atoms with Gasteiger partial charge in [0, 0.05) is 10.3 Å². The number of amides is 1. The zero-order valence-electron chi connectivity index (χ0n) is 11.4. The van der Waals surface area contributed by atoms with Gasteiger partial charge in [-0.25, -0.2) is 4.98 Å². The van der Waals surface area contributed by atoms with Gasteiger partial charge in [-0.1, -0.05) is 23.2 Å². The van der Waals surface area contributed by atoms with Gasteiger partial charge in [0.15, 0.2) is 0 Å². The fraction of sp³-hybridized carbons (Fsp3) is 0.143. The molecule has 3 rings (SSSR count). The van der Waals surface area contributed by atoms with Crippen LogP contribution in [-0.2, 0) is 6.54 Å². The molecule has 0 saturated heterocycles. The first-order chi connectivity index (χ1) is 10.5. The van der Waals surface area contributed by atoms with Crippen molar-refractivity contribution in [1.29, 1.82) is 0 Å². The van der Waals surface area contributed by atoms with E-state index in [1.807, 2.05) is 24.4 Å². The Hall–Kier alpha value is -0.920. The highest BCUT2D eigenvalue weighted by molar-refractivity contribution is 7.20. The van der Waals surface area contributed by atoms with Crippen LogP contribution in [0.2, 0.25) is 8.67 Å².